The summed E-state index contributed by atoms with van der Waals surface area (Å²) in [6, 6.07) is 5.34. The van der Waals surface area contributed by atoms with Crippen molar-refractivity contribution in [1.82, 2.24) is 40.5 Å². The summed E-state index contributed by atoms with van der Waals surface area (Å²) in [6.07, 6.45) is 4.62. The number of methoxy groups -OCH3 is 1. The van der Waals surface area contributed by atoms with Crippen LogP contribution in [0.5, 0.6) is 5.75 Å². The maximum Gasteiger partial charge on any atom is 0.273 e. The zero-order valence-corrected chi connectivity index (χ0v) is 18.1. The van der Waals surface area contributed by atoms with Gasteiger partial charge in [0, 0.05) is 42.2 Å². The molecule has 3 heterocycles. The van der Waals surface area contributed by atoms with E-state index < -0.39 is 18.7 Å². The molecule has 174 valence electrons. The molecule has 4 aromatic rings. The third-order valence-electron chi connectivity index (χ3n) is 4.58. The summed E-state index contributed by atoms with van der Waals surface area (Å²) in [5.74, 6) is -0.786. The summed E-state index contributed by atoms with van der Waals surface area (Å²) in [5.41, 5.74) is -0.00641. The molecule has 0 aliphatic carbocycles. The Hall–Kier alpha value is -4.68. The van der Waals surface area contributed by atoms with Crippen LogP contribution in [0.4, 0.5) is 27.4 Å². The Bertz CT molecular complexity index is 1420. The largest absolute Gasteiger partial charge is 0.494 e. The van der Waals surface area contributed by atoms with Gasteiger partial charge in [0.15, 0.2) is 28.9 Å². The van der Waals surface area contributed by atoms with Crippen LogP contribution in [0.15, 0.2) is 42.9 Å². The molecular formula is C21H21FN10O2. The van der Waals surface area contributed by atoms with Crippen LogP contribution < -0.4 is 20.7 Å². The number of hydrogen-bond acceptors (Lipinski definition) is 10. The molecule has 3 N–H and O–H groups in total. The van der Waals surface area contributed by atoms with Crippen molar-refractivity contribution in [2.45, 2.75) is 13.5 Å². The summed E-state index contributed by atoms with van der Waals surface area (Å²) in [4.78, 5) is 21.0. The number of nitrogens with one attached hydrogen (secondary N) is 3. The number of aryl methyl sites for hydroxylation is 1. The van der Waals surface area contributed by atoms with E-state index in [9.17, 15) is 9.18 Å². The highest BCUT2D eigenvalue weighted by atomic mass is 19.1. The molecule has 13 heteroatoms. The Balaban J connectivity index is 1.77. The van der Waals surface area contributed by atoms with Gasteiger partial charge in [0.25, 0.3) is 5.91 Å². The smallest absolute Gasteiger partial charge is 0.273 e. The molecule has 0 unspecified atom stereocenters. The van der Waals surface area contributed by atoms with Crippen molar-refractivity contribution in [3.63, 3.8) is 0 Å². The van der Waals surface area contributed by atoms with Crippen LogP contribution in [0.3, 0.4) is 0 Å². The predicted octanol–water partition coefficient (Wildman–Crippen LogP) is 2.54. The van der Waals surface area contributed by atoms with Gasteiger partial charge in [-0.25, -0.2) is 14.4 Å². The van der Waals surface area contributed by atoms with Gasteiger partial charge in [0.1, 0.15) is 5.82 Å². The van der Waals surface area contributed by atoms with Crippen LogP contribution in [-0.4, -0.2) is 55.2 Å². The van der Waals surface area contributed by atoms with Crippen LogP contribution in [0, 0.1) is 5.82 Å². The van der Waals surface area contributed by atoms with Crippen LogP contribution in [0.2, 0.25) is 0 Å². The molecule has 34 heavy (non-hydrogen) atoms. The maximum atomic E-state index is 14.7. The van der Waals surface area contributed by atoms with E-state index in [0.29, 0.717) is 12.4 Å². The number of hydrogen-bond donors (Lipinski definition) is 3. The van der Waals surface area contributed by atoms with E-state index in [0.717, 1.165) is 6.07 Å². The van der Waals surface area contributed by atoms with Crippen molar-refractivity contribution < 1.29 is 18.0 Å². The SMILES string of the molecule is [2H]C([2H])([2H])NC(=O)c1nnc(Nc2cn(CC)nn2)cc1Nc1cc(F)cc(-c2ncccn2)c1OC. The second-order valence-electron chi connectivity index (χ2n) is 6.76. The van der Waals surface area contributed by atoms with Crippen molar-refractivity contribution in [2.24, 2.45) is 0 Å². The number of aromatic nitrogens is 7. The molecule has 0 spiro atoms. The summed E-state index contributed by atoms with van der Waals surface area (Å²) < 4.78 is 43.8. The number of rotatable bonds is 8. The van der Waals surface area contributed by atoms with Crippen LogP contribution in [-0.2, 0) is 6.54 Å². The average molecular weight is 467 g/mol. The van der Waals surface area contributed by atoms with Crippen molar-refractivity contribution in [1.29, 1.82) is 0 Å². The minimum absolute atomic E-state index is 0.00552. The normalized spacial score (nSPS) is 12.3. The van der Waals surface area contributed by atoms with Gasteiger partial charge in [-0.1, -0.05) is 5.21 Å². The lowest BCUT2D eigenvalue weighted by molar-refractivity contribution is 0.0958. The molecule has 1 amide bonds. The van der Waals surface area contributed by atoms with E-state index in [1.54, 1.807) is 16.9 Å². The quantitative estimate of drug-likeness (QED) is 0.353. The first-order valence-corrected chi connectivity index (χ1v) is 9.96. The van der Waals surface area contributed by atoms with Crippen LogP contribution >= 0.6 is 0 Å². The second kappa shape index (κ2) is 9.85. The molecule has 3 aromatic heterocycles. The predicted molar refractivity (Wildman–Crippen MR) is 122 cm³/mol. The first-order valence-electron chi connectivity index (χ1n) is 11.5. The lowest BCUT2D eigenvalue weighted by Crippen LogP contribution is -2.21. The fourth-order valence-corrected chi connectivity index (χ4v) is 3.07. The summed E-state index contributed by atoms with van der Waals surface area (Å²) >= 11 is 0. The van der Waals surface area contributed by atoms with Crippen LogP contribution in [0.25, 0.3) is 11.4 Å². The number of halogens is 1. The topological polar surface area (TPSA) is 145 Å². The van der Waals surface area contributed by atoms with Gasteiger partial charge >= 0.3 is 0 Å². The number of nitrogens with zero attached hydrogens (tertiary/aromatic N) is 7. The van der Waals surface area contributed by atoms with Gasteiger partial charge in [0.05, 0.1) is 30.2 Å². The molecule has 4 rings (SSSR count). The Labute approximate surface area is 197 Å². The molecule has 0 bridgehead atoms. The van der Waals surface area contributed by atoms with E-state index >= 15 is 0 Å². The Kier molecular flexibility index (Phi) is 5.46. The van der Waals surface area contributed by atoms with Crippen molar-refractivity contribution >= 4 is 28.9 Å². The van der Waals surface area contributed by atoms with Gasteiger partial charge in [-0.15, -0.1) is 15.3 Å². The molecule has 1 aromatic carbocycles. The standard InChI is InChI=1S/C21H21FN10O2/c1-4-32-11-17(29-31-32)27-16-10-14(18(30-28-16)21(33)23-2)26-15-9-12(22)8-13(19(15)34-3)20-24-6-5-7-25-20/h5-11H,4H2,1-3H3,(H,23,33)(H2,26,27,28)/i2D3. The highest BCUT2D eigenvalue weighted by molar-refractivity contribution is 5.99. The maximum absolute atomic E-state index is 14.7. The zero-order chi connectivity index (χ0) is 26.6. The number of ether oxygens (including phenoxy) is 1. The van der Waals surface area contributed by atoms with Gasteiger partial charge in [-0.05, 0) is 19.1 Å². The molecule has 0 saturated carbocycles. The monoisotopic (exact) mass is 467 g/mol. The molecule has 0 saturated heterocycles. The molecule has 0 aliphatic heterocycles. The minimum Gasteiger partial charge on any atom is -0.494 e. The zero-order valence-electron chi connectivity index (χ0n) is 21.1. The third-order valence-corrected chi connectivity index (χ3v) is 4.58. The number of amides is 1. The summed E-state index contributed by atoms with van der Waals surface area (Å²) in [5, 5.41) is 23.4. The summed E-state index contributed by atoms with van der Waals surface area (Å²) in [6.45, 7) is -0.298. The van der Waals surface area contributed by atoms with E-state index in [1.165, 1.54) is 31.6 Å². The highest BCUT2D eigenvalue weighted by Crippen LogP contribution is 2.38. The molecule has 0 atom stereocenters. The second-order valence-corrected chi connectivity index (χ2v) is 6.76. The van der Waals surface area contributed by atoms with E-state index in [4.69, 9.17) is 8.85 Å². The van der Waals surface area contributed by atoms with Crippen LogP contribution in [0.1, 0.15) is 21.5 Å². The minimum atomic E-state index is -2.78. The lowest BCUT2D eigenvalue weighted by Gasteiger charge is -2.16. The van der Waals surface area contributed by atoms with E-state index in [-0.39, 0.29) is 40.0 Å². The highest BCUT2D eigenvalue weighted by Gasteiger charge is 2.20. The average Bonchev–Trinajstić information content (AvgIpc) is 3.31. The lowest BCUT2D eigenvalue weighted by atomic mass is 10.1. The Morgan fingerprint density at radius 2 is 1.94 bits per heavy atom. The van der Waals surface area contributed by atoms with Crippen molar-refractivity contribution in [3.8, 4) is 17.1 Å². The Morgan fingerprint density at radius 1 is 1.12 bits per heavy atom. The van der Waals surface area contributed by atoms with Gasteiger partial charge < -0.3 is 20.7 Å². The molecule has 0 radical (unpaired) electrons. The molecule has 12 nitrogen and oxygen atoms in total. The summed E-state index contributed by atoms with van der Waals surface area (Å²) in [7, 11) is 1.38. The fraction of sp³-hybridized carbons (Fsp3) is 0.190. The Morgan fingerprint density at radius 3 is 2.65 bits per heavy atom. The van der Waals surface area contributed by atoms with Crippen molar-refractivity contribution in [2.75, 3.05) is 24.7 Å². The first kappa shape index (κ1) is 18.8. The van der Waals surface area contributed by atoms with Crippen molar-refractivity contribution in [3.05, 3.63) is 54.4 Å². The fourth-order valence-electron chi connectivity index (χ4n) is 3.07. The number of carbonyl (C=O) groups is 1. The first-order chi connectivity index (χ1) is 17.7. The van der Waals surface area contributed by atoms with Gasteiger partial charge in [-0.3, -0.25) is 9.48 Å². The molecular weight excluding hydrogens is 443 g/mol. The molecule has 0 fully saturated rings. The van der Waals surface area contributed by atoms with E-state index in [2.05, 4.69) is 41.1 Å². The number of carbonyl (C=O) groups excluding carboxylic acids is 1. The van der Waals surface area contributed by atoms with Gasteiger partial charge in [0.2, 0.25) is 0 Å². The number of benzene rings is 1. The third kappa shape index (κ3) is 4.72. The van der Waals surface area contributed by atoms with Gasteiger partial charge in [-0.2, -0.15) is 0 Å². The van der Waals surface area contributed by atoms with E-state index in [1.807, 2.05) is 12.2 Å². The number of anilines is 4. The molecule has 0 aliphatic rings.